The number of hydrogen-bond acceptors (Lipinski definition) is 4. The molecule has 0 saturated carbocycles. The maximum absolute atomic E-state index is 9.80. The van der Waals surface area contributed by atoms with Crippen LogP contribution in [-0.2, 0) is 0 Å². The average molecular weight is 311 g/mol. The van der Waals surface area contributed by atoms with Crippen molar-refractivity contribution >= 4 is 15.9 Å². The van der Waals surface area contributed by atoms with Gasteiger partial charge in [0.25, 0.3) is 5.89 Å². The second-order valence-electron chi connectivity index (χ2n) is 4.28. The van der Waals surface area contributed by atoms with Crippen LogP contribution in [0.15, 0.2) is 27.2 Å². The zero-order valence-electron chi connectivity index (χ0n) is 10.4. The Morgan fingerprint density at radius 1 is 1.39 bits per heavy atom. The summed E-state index contributed by atoms with van der Waals surface area (Å²) in [7, 11) is 0. The lowest BCUT2D eigenvalue weighted by Gasteiger charge is -2.01. The number of hydrogen-bond donors (Lipinski definition) is 1. The number of aliphatic hydroxyl groups excluding tert-OH is 1. The monoisotopic (exact) mass is 310 g/mol. The Bertz CT molecular complexity index is 519. The lowest BCUT2D eigenvalue weighted by atomic mass is 10.1. The first kappa shape index (κ1) is 13.2. The van der Waals surface area contributed by atoms with Crippen molar-refractivity contribution in [3.05, 3.63) is 34.1 Å². The fourth-order valence-electron chi connectivity index (χ4n) is 1.75. The minimum Gasteiger partial charge on any atom is -0.385 e. The maximum Gasteiger partial charge on any atom is 0.258 e. The summed E-state index contributed by atoms with van der Waals surface area (Å²) < 4.78 is 6.15. The molecule has 5 heteroatoms. The summed E-state index contributed by atoms with van der Waals surface area (Å²) in [5.41, 5.74) is 1.96. The quantitative estimate of drug-likeness (QED) is 0.936. The van der Waals surface area contributed by atoms with Gasteiger partial charge in [-0.05, 0) is 37.1 Å². The van der Waals surface area contributed by atoms with E-state index in [4.69, 9.17) is 4.52 Å². The van der Waals surface area contributed by atoms with Crippen LogP contribution in [0.5, 0.6) is 0 Å². The summed E-state index contributed by atoms with van der Waals surface area (Å²) >= 11 is 3.43. The Balaban J connectivity index is 2.29. The van der Waals surface area contributed by atoms with Gasteiger partial charge in [-0.3, -0.25) is 0 Å². The molecular formula is C13H15BrN2O2. The van der Waals surface area contributed by atoms with Crippen LogP contribution in [0.2, 0.25) is 0 Å². The molecular weight excluding hydrogens is 296 g/mol. The van der Waals surface area contributed by atoms with Gasteiger partial charge in [-0.1, -0.05) is 34.4 Å². The molecule has 2 aromatic rings. The minimum atomic E-state index is -0.652. The number of benzene rings is 1. The molecule has 1 aromatic heterocycles. The number of halogens is 1. The first-order valence-corrected chi connectivity index (χ1v) is 6.68. The number of rotatable bonds is 4. The molecule has 1 atom stereocenters. The Kier molecular flexibility index (Phi) is 4.14. The van der Waals surface area contributed by atoms with Crippen molar-refractivity contribution < 1.29 is 9.63 Å². The van der Waals surface area contributed by atoms with E-state index in [0.29, 0.717) is 18.1 Å². The van der Waals surface area contributed by atoms with Gasteiger partial charge in [0.05, 0.1) is 0 Å². The van der Waals surface area contributed by atoms with Gasteiger partial charge in [0.1, 0.15) is 6.10 Å². The van der Waals surface area contributed by atoms with Crippen molar-refractivity contribution in [2.24, 2.45) is 0 Å². The summed E-state index contributed by atoms with van der Waals surface area (Å²) in [5.74, 6) is 0.786. The van der Waals surface area contributed by atoms with E-state index in [1.54, 1.807) is 0 Å². The molecule has 96 valence electrons. The number of aryl methyl sites for hydroxylation is 1. The zero-order chi connectivity index (χ0) is 13.1. The second kappa shape index (κ2) is 5.63. The van der Waals surface area contributed by atoms with Crippen molar-refractivity contribution in [1.82, 2.24) is 10.1 Å². The number of aliphatic hydroxyl groups is 1. The summed E-state index contributed by atoms with van der Waals surface area (Å²) in [6.07, 6.45) is 0.859. The Hall–Kier alpha value is -1.20. The summed E-state index contributed by atoms with van der Waals surface area (Å²) in [6, 6.07) is 5.89. The minimum absolute atomic E-state index is 0.351. The molecule has 4 nitrogen and oxygen atoms in total. The predicted octanol–water partition coefficient (Wildman–Crippen LogP) is 3.64. The fraction of sp³-hybridized carbons (Fsp3) is 0.385. The van der Waals surface area contributed by atoms with Crippen molar-refractivity contribution in [3.8, 4) is 11.5 Å². The molecule has 1 N–H and O–H groups in total. The smallest absolute Gasteiger partial charge is 0.258 e. The first-order valence-electron chi connectivity index (χ1n) is 5.89. The second-order valence-corrected chi connectivity index (χ2v) is 5.20. The van der Waals surface area contributed by atoms with Crippen molar-refractivity contribution in [1.29, 1.82) is 0 Å². The molecule has 0 amide bonds. The van der Waals surface area contributed by atoms with Crippen LogP contribution < -0.4 is 0 Å². The number of nitrogens with zero attached hydrogens (tertiary/aromatic N) is 2. The highest BCUT2D eigenvalue weighted by Crippen LogP contribution is 2.25. The highest BCUT2D eigenvalue weighted by atomic mass is 79.9. The van der Waals surface area contributed by atoms with E-state index in [-0.39, 0.29) is 0 Å². The van der Waals surface area contributed by atoms with E-state index < -0.39 is 6.10 Å². The van der Waals surface area contributed by atoms with Crippen LogP contribution in [0.3, 0.4) is 0 Å². The van der Waals surface area contributed by atoms with Crippen LogP contribution in [0, 0.1) is 6.92 Å². The number of aromatic nitrogens is 2. The van der Waals surface area contributed by atoms with Crippen LogP contribution in [0.1, 0.15) is 37.3 Å². The van der Waals surface area contributed by atoms with Crippen molar-refractivity contribution in [3.63, 3.8) is 0 Å². The molecule has 0 bridgehead atoms. The van der Waals surface area contributed by atoms with E-state index in [9.17, 15) is 5.11 Å². The van der Waals surface area contributed by atoms with E-state index in [2.05, 4.69) is 26.1 Å². The van der Waals surface area contributed by atoms with Gasteiger partial charge in [0, 0.05) is 10.0 Å². The molecule has 0 aliphatic rings. The van der Waals surface area contributed by atoms with Crippen LogP contribution >= 0.6 is 15.9 Å². The maximum atomic E-state index is 9.80. The summed E-state index contributed by atoms with van der Waals surface area (Å²) in [5, 5.41) is 13.6. The molecule has 0 spiro atoms. The van der Waals surface area contributed by atoms with E-state index >= 15 is 0 Å². The third-order valence-corrected chi connectivity index (χ3v) is 3.05. The molecule has 0 aliphatic heterocycles. The van der Waals surface area contributed by atoms with E-state index in [1.807, 2.05) is 32.0 Å². The molecule has 1 heterocycles. The van der Waals surface area contributed by atoms with Crippen LogP contribution in [0.4, 0.5) is 0 Å². The van der Waals surface area contributed by atoms with Crippen LogP contribution in [0.25, 0.3) is 11.5 Å². The topological polar surface area (TPSA) is 59.2 Å². The molecule has 0 radical (unpaired) electrons. The van der Waals surface area contributed by atoms with Gasteiger partial charge in [-0.15, -0.1) is 0 Å². The molecule has 0 aliphatic carbocycles. The molecule has 1 unspecified atom stereocenters. The lowest BCUT2D eigenvalue weighted by Crippen LogP contribution is -1.98. The SMILES string of the molecule is CCCC(O)c1noc(-c2cc(C)cc(Br)c2)n1. The van der Waals surface area contributed by atoms with E-state index in [1.165, 1.54) is 0 Å². The molecule has 0 fully saturated rings. The van der Waals surface area contributed by atoms with Crippen molar-refractivity contribution in [2.75, 3.05) is 0 Å². The van der Waals surface area contributed by atoms with Gasteiger partial charge in [0.15, 0.2) is 0 Å². The summed E-state index contributed by atoms with van der Waals surface area (Å²) in [6.45, 7) is 4.00. The van der Waals surface area contributed by atoms with Crippen molar-refractivity contribution in [2.45, 2.75) is 32.8 Å². The third kappa shape index (κ3) is 2.97. The van der Waals surface area contributed by atoms with Gasteiger partial charge < -0.3 is 9.63 Å². The lowest BCUT2D eigenvalue weighted by molar-refractivity contribution is 0.153. The Morgan fingerprint density at radius 2 is 2.17 bits per heavy atom. The van der Waals surface area contributed by atoms with E-state index in [0.717, 1.165) is 22.0 Å². The Labute approximate surface area is 114 Å². The van der Waals surface area contributed by atoms with Gasteiger partial charge in [0.2, 0.25) is 5.82 Å². The van der Waals surface area contributed by atoms with Crippen LogP contribution in [-0.4, -0.2) is 15.2 Å². The average Bonchev–Trinajstić information content (AvgIpc) is 2.77. The summed E-state index contributed by atoms with van der Waals surface area (Å²) in [4.78, 5) is 4.23. The molecule has 18 heavy (non-hydrogen) atoms. The van der Waals surface area contributed by atoms with Gasteiger partial charge in [-0.25, -0.2) is 0 Å². The molecule has 2 rings (SSSR count). The highest BCUT2D eigenvalue weighted by molar-refractivity contribution is 9.10. The largest absolute Gasteiger partial charge is 0.385 e. The molecule has 1 aromatic carbocycles. The zero-order valence-corrected chi connectivity index (χ0v) is 11.9. The first-order chi connectivity index (χ1) is 8.60. The molecule has 0 saturated heterocycles. The standard InChI is InChI=1S/C13H15BrN2O2/c1-3-4-11(17)12-15-13(18-16-12)9-5-8(2)6-10(14)7-9/h5-7,11,17H,3-4H2,1-2H3. The fourth-order valence-corrected chi connectivity index (χ4v) is 2.36. The normalized spacial score (nSPS) is 12.7. The van der Waals surface area contributed by atoms with Gasteiger partial charge in [-0.2, -0.15) is 4.98 Å². The van der Waals surface area contributed by atoms with Gasteiger partial charge >= 0.3 is 0 Å². The highest BCUT2D eigenvalue weighted by Gasteiger charge is 2.15. The predicted molar refractivity (Wildman–Crippen MR) is 72.0 cm³/mol. The third-order valence-electron chi connectivity index (χ3n) is 2.59. The Morgan fingerprint density at radius 3 is 2.83 bits per heavy atom.